The number of hydrogen-bond donors (Lipinski definition) is 1. The van der Waals surface area contributed by atoms with E-state index in [4.69, 9.17) is 0 Å². The molecule has 37 heavy (non-hydrogen) atoms. The molecule has 204 valence electrons. The summed E-state index contributed by atoms with van der Waals surface area (Å²) >= 11 is 0. The van der Waals surface area contributed by atoms with E-state index in [2.05, 4.69) is 26.1 Å². The number of nitrogens with one attached hydrogen (secondary N) is 1. The summed E-state index contributed by atoms with van der Waals surface area (Å²) in [6.07, 6.45) is 1.48. The van der Waals surface area contributed by atoms with Gasteiger partial charge >= 0.3 is 0 Å². The van der Waals surface area contributed by atoms with Crippen LogP contribution in [0.25, 0.3) is 0 Å². The Hall–Kier alpha value is -2.87. The fourth-order valence-electron chi connectivity index (χ4n) is 4.08. The Labute approximate surface area is 223 Å². The van der Waals surface area contributed by atoms with Crippen molar-refractivity contribution in [3.8, 4) is 0 Å². The van der Waals surface area contributed by atoms with Gasteiger partial charge in [0.15, 0.2) is 0 Å². The molecule has 0 aliphatic heterocycles. The number of benzene rings is 2. The molecular weight excluding hydrogens is 486 g/mol. The van der Waals surface area contributed by atoms with Gasteiger partial charge < -0.3 is 10.2 Å². The second-order valence-corrected chi connectivity index (χ2v) is 13.6. The van der Waals surface area contributed by atoms with Gasteiger partial charge in [0.25, 0.3) is 0 Å². The van der Waals surface area contributed by atoms with Gasteiger partial charge in [-0.3, -0.25) is 13.9 Å². The number of amides is 2. The normalized spacial score (nSPS) is 13.1. The third-order valence-corrected chi connectivity index (χ3v) is 7.33. The van der Waals surface area contributed by atoms with E-state index in [9.17, 15) is 18.0 Å². The van der Waals surface area contributed by atoms with Crippen molar-refractivity contribution in [3.63, 3.8) is 0 Å². The van der Waals surface area contributed by atoms with Crippen LogP contribution in [0.1, 0.15) is 71.6 Å². The second kappa shape index (κ2) is 11.7. The molecule has 2 amide bonds. The zero-order valence-electron chi connectivity index (χ0n) is 23.8. The van der Waals surface area contributed by atoms with Gasteiger partial charge in [0.1, 0.15) is 12.6 Å². The fraction of sp³-hybridized carbons (Fsp3) is 0.517. The summed E-state index contributed by atoms with van der Waals surface area (Å²) in [5.41, 5.74) is 2.79. The number of anilines is 1. The lowest BCUT2D eigenvalue weighted by Gasteiger charge is -2.35. The number of carbonyl (C=O) groups excluding carboxylic acids is 2. The third kappa shape index (κ3) is 8.59. The van der Waals surface area contributed by atoms with E-state index >= 15 is 0 Å². The van der Waals surface area contributed by atoms with Gasteiger partial charge in [-0.1, -0.05) is 64.1 Å². The lowest BCUT2D eigenvalue weighted by Crippen LogP contribution is -2.55. The second-order valence-electron chi connectivity index (χ2n) is 11.7. The quantitative estimate of drug-likeness (QED) is 0.506. The summed E-state index contributed by atoms with van der Waals surface area (Å²) in [7, 11) is -3.77. The predicted octanol–water partition coefficient (Wildman–Crippen LogP) is 4.78. The minimum absolute atomic E-state index is 0.0939. The minimum atomic E-state index is -3.77. The average molecular weight is 530 g/mol. The maximum absolute atomic E-state index is 13.8. The van der Waals surface area contributed by atoms with Crippen LogP contribution < -0.4 is 9.62 Å². The number of rotatable bonds is 9. The zero-order chi connectivity index (χ0) is 28.2. The van der Waals surface area contributed by atoms with Gasteiger partial charge in [-0.15, -0.1) is 0 Å². The molecule has 0 aliphatic rings. The highest BCUT2D eigenvalue weighted by Gasteiger charge is 2.33. The highest BCUT2D eigenvalue weighted by atomic mass is 32.2. The van der Waals surface area contributed by atoms with Crippen molar-refractivity contribution >= 4 is 27.5 Å². The van der Waals surface area contributed by atoms with Crippen LogP contribution in [0.5, 0.6) is 0 Å². The topological polar surface area (TPSA) is 86.8 Å². The van der Waals surface area contributed by atoms with Gasteiger partial charge in [0.05, 0.1) is 11.9 Å². The first-order valence-corrected chi connectivity index (χ1v) is 14.5. The number of aryl methyl sites for hydroxylation is 1. The molecule has 7 nitrogen and oxygen atoms in total. The van der Waals surface area contributed by atoms with Gasteiger partial charge in [-0.05, 0) is 68.4 Å². The molecule has 2 aromatic carbocycles. The number of sulfonamides is 1. The Morgan fingerprint density at radius 2 is 1.51 bits per heavy atom. The van der Waals surface area contributed by atoms with E-state index in [1.54, 1.807) is 12.1 Å². The van der Waals surface area contributed by atoms with E-state index in [1.807, 2.05) is 71.0 Å². The van der Waals surface area contributed by atoms with Crippen molar-refractivity contribution in [3.05, 3.63) is 65.2 Å². The van der Waals surface area contributed by atoms with Crippen molar-refractivity contribution in [1.29, 1.82) is 0 Å². The van der Waals surface area contributed by atoms with Crippen molar-refractivity contribution in [2.45, 2.75) is 85.4 Å². The first kappa shape index (κ1) is 30.4. The van der Waals surface area contributed by atoms with Gasteiger partial charge in [-0.2, -0.15) is 0 Å². The first-order chi connectivity index (χ1) is 16.9. The van der Waals surface area contributed by atoms with Crippen LogP contribution in [0.2, 0.25) is 0 Å². The molecule has 0 saturated carbocycles. The number of carbonyl (C=O) groups is 2. The van der Waals surface area contributed by atoms with Crippen LogP contribution in [0.4, 0.5) is 5.69 Å². The molecule has 2 aromatic rings. The molecule has 0 fully saturated rings. The van der Waals surface area contributed by atoms with Crippen LogP contribution in [-0.2, 0) is 31.6 Å². The van der Waals surface area contributed by atoms with Crippen molar-refractivity contribution in [2.24, 2.45) is 0 Å². The molecule has 0 aromatic heterocycles. The standard InChI is InChI=1S/C29H43N3O4S/c1-10-25(27(34)30-29(6,7)8)31(19-22-14-12-11-13-21(22)2)26(33)20-32(37(9,35)36)24-17-15-23(16-18-24)28(3,4)5/h11-18,25H,10,19-20H2,1-9H3,(H,30,34). The summed E-state index contributed by atoms with van der Waals surface area (Å²) in [5, 5.41) is 2.98. The lowest BCUT2D eigenvalue weighted by atomic mass is 9.87. The summed E-state index contributed by atoms with van der Waals surface area (Å²) in [6.45, 7) is 15.5. The monoisotopic (exact) mass is 529 g/mol. The maximum Gasteiger partial charge on any atom is 0.244 e. The molecular formula is C29H43N3O4S. The van der Waals surface area contributed by atoms with Crippen LogP contribution in [-0.4, -0.2) is 49.5 Å². The first-order valence-electron chi connectivity index (χ1n) is 12.7. The average Bonchev–Trinajstić information content (AvgIpc) is 2.76. The largest absolute Gasteiger partial charge is 0.350 e. The molecule has 1 N–H and O–H groups in total. The third-order valence-electron chi connectivity index (χ3n) is 6.19. The minimum Gasteiger partial charge on any atom is -0.350 e. The summed E-state index contributed by atoms with van der Waals surface area (Å²) in [5.74, 6) is -0.707. The lowest BCUT2D eigenvalue weighted by molar-refractivity contribution is -0.141. The van der Waals surface area contributed by atoms with E-state index in [0.29, 0.717) is 12.1 Å². The zero-order valence-corrected chi connectivity index (χ0v) is 24.6. The van der Waals surface area contributed by atoms with Crippen LogP contribution >= 0.6 is 0 Å². The molecule has 0 radical (unpaired) electrons. The summed E-state index contributed by atoms with van der Waals surface area (Å²) in [4.78, 5) is 28.6. The highest BCUT2D eigenvalue weighted by Crippen LogP contribution is 2.26. The van der Waals surface area contributed by atoms with E-state index in [-0.39, 0.29) is 17.9 Å². The van der Waals surface area contributed by atoms with E-state index in [1.165, 1.54) is 4.90 Å². The van der Waals surface area contributed by atoms with Crippen LogP contribution in [0.15, 0.2) is 48.5 Å². The Morgan fingerprint density at radius 1 is 0.946 bits per heavy atom. The smallest absolute Gasteiger partial charge is 0.244 e. The van der Waals surface area contributed by atoms with E-state index in [0.717, 1.165) is 27.3 Å². The molecule has 8 heteroatoms. The van der Waals surface area contributed by atoms with Crippen LogP contribution in [0.3, 0.4) is 0 Å². The molecule has 0 saturated heterocycles. The number of hydrogen-bond acceptors (Lipinski definition) is 4. The summed E-state index contributed by atoms with van der Waals surface area (Å²) in [6, 6.07) is 14.1. The molecule has 0 heterocycles. The molecule has 1 atom stereocenters. The fourth-order valence-corrected chi connectivity index (χ4v) is 4.93. The Kier molecular flexibility index (Phi) is 9.58. The molecule has 2 rings (SSSR count). The molecule has 1 unspecified atom stereocenters. The Morgan fingerprint density at radius 3 is 1.97 bits per heavy atom. The van der Waals surface area contributed by atoms with Crippen LogP contribution in [0, 0.1) is 6.92 Å². The Balaban J connectivity index is 2.48. The summed E-state index contributed by atoms with van der Waals surface area (Å²) < 4.78 is 26.8. The van der Waals surface area contributed by atoms with Crippen molar-refractivity contribution in [2.75, 3.05) is 17.1 Å². The van der Waals surface area contributed by atoms with Crippen molar-refractivity contribution < 1.29 is 18.0 Å². The molecule has 0 bridgehead atoms. The number of nitrogens with zero attached hydrogens (tertiary/aromatic N) is 2. The molecule has 0 aliphatic carbocycles. The SMILES string of the molecule is CCC(C(=O)NC(C)(C)C)N(Cc1ccccc1C)C(=O)CN(c1ccc(C(C)(C)C)cc1)S(C)(=O)=O. The molecule has 0 spiro atoms. The van der Waals surface area contributed by atoms with Gasteiger partial charge in [-0.25, -0.2) is 8.42 Å². The van der Waals surface area contributed by atoms with Gasteiger partial charge in [0.2, 0.25) is 21.8 Å². The predicted molar refractivity (Wildman–Crippen MR) is 151 cm³/mol. The maximum atomic E-state index is 13.8. The van der Waals surface area contributed by atoms with Crippen molar-refractivity contribution in [1.82, 2.24) is 10.2 Å². The van der Waals surface area contributed by atoms with E-state index < -0.39 is 34.1 Å². The van der Waals surface area contributed by atoms with Gasteiger partial charge in [0, 0.05) is 12.1 Å². The Bertz CT molecular complexity index is 1190. The highest BCUT2D eigenvalue weighted by molar-refractivity contribution is 7.92.